The molecule has 5 heteroatoms. The van der Waals surface area contributed by atoms with Crippen molar-refractivity contribution in [1.82, 2.24) is 14.7 Å². The maximum absolute atomic E-state index is 10.7. The van der Waals surface area contributed by atoms with Gasteiger partial charge in [-0.15, -0.1) is 0 Å². The molecule has 1 fully saturated rings. The van der Waals surface area contributed by atoms with E-state index in [1.165, 1.54) is 11.3 Å². The number of likely N-dealkylation sites (tertiary alicyclic amines) is 1. The summed E-state index contributed by atoms with van der Waals surface area (Å²) in [5, 5.41) is 13.0. The number of carboxylic acid groups (broad SMARTS) is 1. The molecular weight excluding hydrogens is 230 g/mol. The molecule has 18 heavy (non-hydrogen) atoms. The van der Waals surface area contributed by atoms with Crippen molar-refractivity contribution in [2.75, 3.05) is 13.1 Å². The highest BCUT2D eigenvalue weighted by atomic mass is 16.4. The first-order valence-electron chi connectivity index (χ1n) is 6.48. The van der Waals surface area contributed by atoms with Crippen LogP contribution in [0.5, 0.6) is 0 Å². The summed E-state index contributed by atoms with van der Waals surface area (Å²) in [5.41, 5.74) is 2.48. The van der Waals surface area contributed by atoms with Crippen molar-refractivity contribution in [3.8, 4) is 0 Å². The van der Waals surface area contributed by atoms with Gasteiger partial charge in [0.15, 0.2) is 0 Å². The van der Waals surface area contributed by atoms with Crippen molar-refractivity contribution in [1.29, 1.82) is 0 Å². The summed E-state index contributed by atoms with van der Waals surface area (Å²) < 4.78 is 1.90. The number of hydrogen-bond donors (Lipinski definition) is 1. The standard InChI is InChI=1S/C13H21N3O2/c1-10-12(8-14-15(10)2)9-16-5-3-11(4-6-16)7-13(17)18/h8,11H,3-7,9H2,1-2H3,(H,17,18). The summed E-state index contributed by atoms with van der Waals surface area (Å²) in [6.07, 6.45) is 4.23. The molecule has 0 amide bonds. The molecule has 2 heterocycles. The number of hydrogen-bond acceptors (Lipinski definition) is 3. The number of carbonyl (C=O) groups is 1. The number of aryl methyl sites for hydroxylation is 1. The third-order valence-corrected chi connectivity index (χ3v) is 3.90. The Morgan fingerprint density at radius 1 is 1.50 bits per heavy atom. The minimum atomic E-state index is -0.670. The Labute approximate surface area is 107 Å². The second-order valence-electron chi connectivity index (χ2n) is 5.20. The molecule has 1 aromatic rings. The van der Waals surface area contributed by atoms with E-state index in [-0.39, 0.29) is 0 Å². The number of aliphatic carboxylic acids is 1. The first kappa shape index (κ1) is 13.1. The molecule has 0 atom stereocenters. The molecule has 0 saturated carbocycles. The molecule has 0 bridgehead atoms. The molecule has 1 saturated heterocycles. The molecular formula is C13H21N3O2. The van der Waals surface area contributed by atoms with Crippen LogP contribution in [0.1, 0.15) is 30.5 Å². The normalized spacial score (nSPS) is 18.1. The van der Waals surface area contributed by atoms with E-state index >= 15 is 0 Å². The van der Waals surface area contributed by atoms with E-state index in [2.05, 4.69) is 16.9 Å². The monoisotopic (exact) mass is 251 g/mol. The Kier molecular flexibility index (Phi) is 4.01. The largest absolute Gasteiger partial charge is 0.481 e. The highest BCUT2D eigenvalue weighted by Crippen LogP contribution is 2.22. The third-order valence-electron chi connectivity index (χ3n) is 3.90. The molecule has 5 nitrogen and oxygen atoms in total. The third kappa shape index (κ3) is 3.10. The van der Waals surface area contributed by atoms with E-state index in [1.807, 2.05) is 17.9 Å². The highest BCUT2D eigenvalue weighted by Gasteiger charge is 2.21. The summed E-state index contributed by atoms with van der Waals surface area (Å²) in [5.74, 6) is -0.315. The van der Waals surface area contributed by atoms with Crippen molar-refractivity contribution in [2.45, 2.75) is 32.7 Å². The van der Waals surface area contributed by atoms with Gasteiger partial charge in [-0.05, 0) is 38.8 Å². The van der Waals surface area contributed by atoms with Gasteiger partial charge in [-0.1, -0.05) is 0 Å². The quantitative estimate of drug-likeness (QED) is 0.879. The zero-order valence-electron chi connectivity index (χ0n) is 11.1. The van der Waals surface area contributed by atoms with Gasteiger partial charge in [0, 0.05) is 31.3 Å². The van der Waals surface area contributed by atoms with Crippen molar-refractivity contribution in [2.24, 2.45) is 13.0 Å². The molecule has 100 valence electrons. The molecule has 1 aliphatic heterocycles. The summed E-state index contributed by atoms with van der Waals surface area (Å²) >= 11 is 0. The average Bonchev–Trinajstić information content (AvgIpc) is 2.63. The maximum atomic E-state index is 10.7. The van der Waals surface area contributed by atoms with E-state index in [9.17, 15) is 4.79 Å². The fourth-order valence-electron chi connectivity index (χ4n) is 2.54. The molecule has 1 aromatic heterocycles. The molecule has 2 rings (SSSR count). The van der Waals surface area contributed by atoms with Crippen LogP contribution < -0.4 is 0 Å². The zero-order chi connectivity index (χ0) is 13.1. The van der Waals surface area contributed by atoms with Crippen molar-refractivity contribution < 1.29 is 9.90 Å². The van der Waals surface area contributed by atoms with Gasteiger partial charge in [-0.2, -0.15) is 5.10 Å². The van der Waals surface area contributed by atoms with Crippen LogP contribution >= 0.6 is 0 Å². The second kappa shape index (κ2) is 5.52. The number of carboxylic acids is 1. The summed E-state index contributed by atoms with van der Waals surface area (Å²) in [6.45, 7) is 5.00. The predicted molar refractivity (Wildman–Crippen MR) is 68.2 cm³/mol. The summed E-state index contributed by atoms with van der Waals surface area (Å²) in [4.78, 5) is 13.1. The minimum Gasteiger partial charge on any atom is -0.481 e. The Balaban J connectivity index is 1.83. The molecule has 0 aromatic carbocycles. The van der Waals surface area contributed by atoms with Crippen molar-refractivity contribution in [3.05, 3.63) is 17.5 Å². The van der Waals surface area contributed by atoms with Gasteiger partial charge in [0.05, 0.1) is 6.20 Å². The van der Waals surface area contributed by atoms with E-state index in [0.29, 0.717) is 12.3 Å². The Hall–Kier alpha value is -1.36. The van der Waals surface area contributed by atoms with Crippen LogP contribution in [0.2, 0.25) is 0 Å². The van der Waals surface area contributed by atoms with Gasteiger partial charge < -0.3 is 5.11 Å². The molecule has 1 N–H and O–H groups in total. The number of nitrogens with zero attached hydrogens (tertiary/aromatic N) is 3. The highest BCUT2D eigenvalue weighted by molar-refractivity contribution is 5.67. The van der Waals surface area contributed by atoms with E-state index < -0.39 is 5.97 Å². The maximum Gasteiger partial charge on any atom is 0.303 e. The topological polar surface area (TPSA) is 58.4 Å². The summed E-state index contributed by atoms with van der Waals surface area (Å²) in [7, 11) is 1.96. The van der Waals surface area contributed by atoms with Crippen LogP contribution in [0.4, 0.5) is 0 Å². The lowest BCUT2D eigenvalue weighted by atomic mass is 9.93. The van der Waals surface area contributed by atoms with E-state index in [4.69, 9.17) is 5.11 Å². The van der Waals surface area contributed by atoms with Gasteiger partial charge >= 0.3 is 5.97 Å². The number of aromatic nitrogens is 2. The van der Waals surface area contributed by atoms with Crippen LogP contribution in [-0.4, -0.2) is 38.8 Å². The van der Waals surface area contributed by atoms with Gasteiger partial charge in [0.1, 0.15) is 0 Å². The Bertz CT molecular complexity index is 420. The van der Waals surface area contributed by atoms with Gasteiger partial charge in [0.2, 0.25) is 0 Å². The first-order valence-corrected chi connectivity index (χ1v) is 6.48. The van der Waals surface area contributed by atoms with Crippen LogP contribution in [0.25, 0.3) is 0 Å². The fourth-order valence-corrected chi connectivity index (χ4v) is 2.54. The van der Waals surface area contributed by atoms with Crippen LogP contribution in [0.15, 0.2) is 6.20 Å². The fraction of sp³-hybridized carbons (Fsp3) is 0.692. The van der Waals surface area contributed by atoms with Gasteiger partial charge in [-0.3, -0.25) is 14.4 Å². The lowest BCUT2D eigenvalue weighted by Gasteiger charge is -2.31. The van der Waals surface area contributed by atoms with Gasteiger partial charge in [-0.25, -0.2) is 0 Å². The van der Waals surface area contributed by atoms with Crippen molar-refractivity contribution >= 4 is 5.97 Å². The molecule has 0 spiro atoms. The molecule has 0 unspecified atom stereocenters. The molecule has 0 aliphatic carbocycles. The Morgan fingerprint density at radius 3 is 2.67 bits per heavy atom. The van der Waals surface area contributed by atoms with Crippen LogP contribution in [0.3, 0.4) is 0 Å². The number of rotatable bonds is 4. The summed E-state index contributed by atoms with van der Waals surface area (Å²) in [6, 6.07) is 0. The SMILES string of the molecule is Cc1c(CN2CCC(CC(=O)O)CC2)cnn1C. The average molecular weight is 251 g/mol. The van der Waals surface area contributed by atoms with E-state index in [1.54, 1.807) is 0 Å². The molecule has 0 radical (unpaired) electrons. The minimum absolute atomic E-state index is 0.319. The number of piperidine rings is 1. The first-order chi connectivity index (χ1) is 8.56. The van der Waals surface area contributed by atoms with Crippen LogP contribution in [0, 0.1) is 12.8 Å². The lowest BCUT2D eigenvalue weighted by molar-refractivity contribution is -0.138. The van der Waals surface area contributed by atoms with E-state index in [0.717, 1.165) is 32.5 Å². The Morgan fingerprint density at radius 2 is 2.17 bits per heavy atom. The van der Waals surface area contributed by atoms with Crippen LogP contribution in [-0.2, 0) is 18.4 Å². The molecule has 1 aliphatic rings. The lowest BCUT2D eigenvalue weighted by Crippen LogP contribution is -2.34. The van der Waals surface area contributed by atoms with Gasteiger partial charge in [0.25, 0.3) is 0 Å². The zero-order valence-corrected chi connectivity index (χ0v) is 11.1. The second-order valence-corrected chi connectivity index (χ2v) is 5.20. The predicted octanol–water partition coefficient (Wildman–Crippen LogP) is 1.42. The smallest absolute Gasteiger partial charge is 0.303 e. The van der Waals surface area contributed by atoms with Crippen molar-refractivity contribution in [3.63, 3.8) is 0 Å².